The molecule has 0 saturated heterocycles. The van der Waals surface area contributed by atoms with Crippen molar-refractivity contribution in [2.45, 2.75) is 25.9 Å². The van der Waals surface area contributed by atoms with Gasteiger partial charge in [-0.3, -0.25) is 4.79 Å². The SMILES string of the molecule is CNC(C)C(=O)NCc1cc(Br)cc2c1OCC2. The molecule has 1 aliphatic rings. The van der Waals surface area contributed by atoms with E-state index in [1.807, 2.05) is 13.0 Å². The number of likely N-dealkylation sites (N-methyl/N-ethyl adjacent to an activating group) is 1. The van der Waals surface area contributed by atoms with Gasteiger partial charge in [-0.1, -0.05) is 15.9 Å². The normalized spacial score (nSPS) is 14.8. The lowest BCUT2D eigenvalue weighted by Gasteiger charge is -2.13. The summed E-state index contributed by atoms with van der Waals surface area (Å²) in [5.74, 6) is 0.917. The minimum atomic E-state index is -0.189. The molecule has 1 atom stereocenters. The Morgan fingerprint density at radius 2 is 2.33 bits per heavy atom. The molecule has 0 saturated carbocycles. The average molecular weight is 313 g/mol. The number of benzene rings is 1. The van der Waals surface area contributed by atoms with Gasteiger partial charge in [0.15, 0.2) is 0 Å². The van der Waals surface area contributed by atoms with E-state index in [0.29, 0.717) is 6.54 Å². The fourth-order valence-corrected chi connectivity index (χ4v) is 2.50. The van der Waals surface area contributed by atoms with Gasteiger partial charge in [0.1, 0.15) is 5.75 Å². The smallest absolute Gasteiger partial charge is 0.237 e. The Labute approximate surface area is 115 Å². The standard InChI is InChI=1S/C13H17BrN2O2/c1-8(15-2)13(17)16-7-10-6-11(14)5-9-3-4-18-12(9)10/h5-6,8,15H,3-4,7H2,1-2H3,(H,16,17). The Kier molecular flexibility index (Phi) is 4.24. The fraction of sp³-hybridized carbons (Fsp3) is 0.462. The van der Waals surface area contributed by atoms with Crippen LogP contribution in [-0.4, -0.2) is 25.6 Å². The summed E-state index contributed by atoms with van der Waals surface area (Å²) in [5, 5.41) is 5.82. The van der Waals surface area contributed by atoms with Crippen LogP contribution < -0.4 is 15.4 Å². The predicted molar refractivity (Wildman–Crippen MR) is 73.7 cm³/mol. The number of hydrogen-bond donors (Lipinski definition) is 2. The first-order chi connectivity index (χ1) is 8.61. The minimum absolute atomic E-state index is 0.00998. The largest absolute Gasteiger partial charge is 0.493 e. The number of halogens is 1. The first-order valence-electron chi connectivity index (χ1n) is 6.01. The first kappa shape index (κ1) is 13.4. The molecule has 0 fully saturated rings. The number of rotatable bonds is 4. The number of amides is 1. The lowest BCUT2D eigenvalue weighted by atomic mass is 10.1. The minimum Gasteiger partial charge on any atom is -0.493 e. The molecule has 2 N–H and O–H groups in total. The third-order valence-corrected chi connectivity index (χ3v) is 3.56. The predicted octanol–water partition coefficient (Wildman–Crippen LogP) is 1.61. The van der Waals surface area contributed by atoms with Crippen molar-refractivity contribution in [1.82, 2.24) is 10.6 Å². The zero-order valence-corrected chi connectivity index (χ0v) is 12.1. The summed E-state index contributed by atoms with van der Waals surface area (Å²) < 4.78 is 6.64. The lowest BCUT2D eigenvalue weighted by molar-refractivity contribution is -0.122. The van der Waals surface area contributed by atoms with Crippen molar-refractivity contribution in [1.29, 1.82) is 0 Å². The van der Waals surface area contributed by atoms with E-state index in [9.17, 15) is 4.79 Å². The summed E-state index contributed by atoms with van der Waals surface area (Å²) in [7, 11) is 1.77. The average Bonchev–Trinajstić information content (AvgIpc) is 2.82. The van der Waals surface area contributed by atoms with Crippen molar-refractivity contribution in [3.63, 3.8) is 0 Å². The highest BCUT2D eigenvalue weighted by atomic mass is 79.9. The van der Waals surface area contributed by atoms with E-state index in [4.69, 9.17) is 4.74 Å². The molecule has 4 nitrogen and oxygen atoms in total. The van der Waals surface area contributed by atoms with Crippen molar-refractivity contribution >= 4 is 21.8 Å². The van der Waals surface area contributed by atoms with Crippen molar-refractivity contribution < 1.29 is 9.53 Å². The van der Waals surface area contributed by atoms with Gasteiger partial charge in [0.05, 0.1) is 12.6 Å². The van der Waals surface area contributed by atoms with Gasteiger partial charge in [-0.2, -0.15) is 0 Å². The topological polar surface area (TPSA) is 50.4 Å². The van der Waals surface area contributed by atoms with Crippen molar-refractivity contribution in [3.8, 4) is 5.75 Å². The van der Waals surface area contributed by atoms with Gasteiger partial charge in [0.2, 0.25) is 5.91 Å². The second-order valence-corrected chi connectivity index (χ2v) is 5.30. The third kappa shape index (κ3) is 2.84. The molecule has 0 bridgehead atoms. The third-order valence-electron chi connectivity index (χ3n) is 3.10. The van der Waals surface area contributed by atoms with Crippen LogP contribution in [0.25, 0.3) is 0 Å². The van der Waals surface area contributed by atoms with Crippen LogP contribution in [0.5, 0.6) is 5.75 Å². The quantitative estimate of drug-likeness (QED) is 0.888. The molecule has 1 aromatic rings. The molecule has 1 aliphatic heterocycles. The van der Waals surface area contributed by atoms with Crippen LogP contribution in [-0.2, 0) is 17.8 Å². The summed E-state index contributed by atoms with van der Waals surface area (Å²) in [6.07, 6.45) is 0.933. The van der Waals surface area contributed by atoms with E-state index in [1.54, 1.807) is 7.05 Å². The van der Waals surface area contributed by atoms with Gasteiger partial charge in [0, 0.05) is 23.0 Å². The number of nitrogens with one attached hydrogen (secondary N) is 2. The van der Waals surface area contributed by atoms with E-state index in [2.05, 4.69) is 32.6 Å². The highest BCUT2D eigenvalue weighted by Gasteiger charge is 2.18. The summed E-state index contributed by atoms with van der Waals surface area (Å²) in [5.41, 5.74) is 2.23. The molecule has 98 valence electrons. The molecule has 1 unspecified atom stereocenters. The van der Waals surface area contributed by atoms with Crippen LogP contribution in [0.2, 0.25) is 0 Å². The second-order valence-electron chi connectivity index (χ2n) is 4.38. The Balaban J connectivity index is 2.08. The summed E-state index contributed by atoms with van der Waals surface area (Å²) in [6.45, 7) is 3.05. The van der Waals surface area contributed by atoms with Crippen LogP contribution >= 0.6 is 15.9 Å². The molecular weight excluding hydrogens is 296 g/mol. The Morgan fingerprint density at radius 3 is 3.06 bits per heavy atom. The first-order valence-corrected chi connectivity index (χ1v) is 6.80. The van der Waals surface area contributed by atoms with Crippen LogP contribution in [0, 0.1) is 0 Å². The van der Waals surface area contributed by atoms with Gasteiger partial charge >= 0.3 is 0 Å². The molecule has 5 heteroatoms. The Morgan fingerprint density at radius 1 is 1.56 bits per heavy atom. The molecule has 2 rings (SSSR count). The maximum atomic E-state index is 11.7. The van der Waals surface area contributed by atoms with Crippen molar-refractivity contribution in [3.05, 3.63) is 27.7 Å². The number of carbonyl (C=O) groups excluding carboxylic acids is 1. The van der Waals surface area contributed by atoms with Crippen molar-refractivity contribution in [2.24, 2.45) is 0 Å². The van der Waals surface area contributed by atoms with E-state index >= 15 is 0 Å². The highest BCUT2D eigenvalue weighted by molar-refractivity contribution is 9.10. The summed E-state index contributed by atoms with van der Waals surface area (Å²) in [4.78, 5) is 11.7. The van der Waals surface area contributed by atoms with Crippen LogP contribution in [0.4, 0.5) is 0 Å². The number of ether oxygens (including phenoxy) is 1. The van der Waals surface area contributed by atoms with Gasteiger partial charge in [-0.05, 0) is 31.7 Å². The zero-order chi connectivity index (χ0) is 13.1. The molecule has 18 heavy (non-hydrogen) atoms. The monoisotopic (exact) mass is 312 g/mol. The highest BCUT2D eigenvalue weighted by Crippen LogP contribution is 2.32. The van der Waals surface area contributed by atoms with E-state index in [1.165, 1.54) is 5.56 Å². The molecular formula is C13H17BrN2O2. The van der Waals surface area contributed by atoms with E-state index in [-0.39, 0.29) is 11.9 Å². The molecule has 0 spiro atoms. The Hall–Kier alpha value is -1.07. The van der Waals surface area contributed by atoms with Crippen LogP contribution in [0.3, 0.4) is 0 Å². The lowest BCUT2D eigenvalue weighted by Crippen LogP contribution is -2.40. The van der Waals surface area contributed by atoms with Crippen molar-refractivity contribution in [2.75, 3.05) is 13.7 Å². The second kappa shape index (κ2) is 5.71. The van der Waals surface area contributed by atoms with E-state index < -0.39 is 0 Å². The molecule has 1 amide bonds. The molecule has 1 aromatic carbocycles. The van der Waals surface area contributed by atoms with E-state index in [0.717, 1.165) is 28.8 Å². The van der Waals surface area contributed by atoms with Gasteiger partial charge in [-0.15, -0.1) is 0 Å². The van der Waals surface area contributed by atoms with Gasteiger partial charge in [-0.25, -0.2) is 0 Å². The molecule has 0 radical (unpaired) electrons. The maximum Gasteiger partial charge on any atom is 0.237 e. The van der Waals surface area contributed by atoms with Gasteiger partial charge < -0.3 is 15.4 Å². The summed E-state index contributed by atoms with van der Waals surface area (Å²) in [6, 6.07) is 3.88. The zero-order valence-electron chi connectivity index (χ0n) is 10.5. The Bertz CT molecular complexity index is 463. The molecule has 0 aliphatic carbocycles. The maximum absolute atomic E-state index is 11.7. The van der Waals surface area contributed by atoms with Crippen LogP contribution in [0.1, 0.15) is 18.1 Å². The summed E-state index contributed by atoms with van der Waals surface area (Å²) >= 11 is 3.48. The number of fused-ring (bicyclic) bond motifs is 1. The number of carbonyl (C=O) groups is 1. The number of hydrogen-bond acceptors (Lipinski definition) is 3. The van der Waals surface area contributed by atoms with Crippen LogP contribution in [0.15, 0.2) is 16.6 Å². The molecule has 1 heterocycles. The molecule has 0 aromatic heterocycles. The fourth-order valence-electron chi connectivity index (χ4n) is 1.94. The van der Waals surface area contributed by atoms with Gasteiger partial charge in [0.25, 0.3) is 0 Å².